The maximum absolute atomic E-state index is 2.39. The fraction of sp³-hybridized carbons (Fsp3) is 0.455. The van der Waals surface area contributed by atoms with Gasteiger partial charge in [-0.3, -0.25) is 0 Å². The molecule has 0 bridgehead atoms. The highest BCUT2D eigenvalue weighted by molar-refractivity contribution is 5.36. The molecule has 1 aliphatic rings. The lowest BCUT2D eigenvalue weighted by molar-refractivity contribution is -0.904. The summed E-state index contributed by atoms with van der Waals surface area (Å²) in [7, 11) is 0. The second kappa shape index (κ2) is 8.69. The van der Waals surface area contributed by atoms with Crippen molar-refractivity contribution in [2.45, 2.75) is 39.5 Å². The Morgan fingerprint density at radius 3 is 2.17 bits per heavy atom. The minimum atomic E-state index is 0. The third-order valence-electron chi connectivity index (χ3n) is 5.55. The normalized spacial score (nSPS) is 21.8. The second-order valence-corrected chi connectivity index (χ2v) is 7.24. The highest BCUT2D eigenvalue weighted by atomic mass is 35.5. The van der Waals surface area contributed by atoms with Crippen molar-refractivity contribution < 1.29 is 17.3 Å². The molecule has 130 valence electrons. The van der Waals surface area contributed by atoms with Gasteiger partial charge in [0.25, 0.3) is 0 Å². The van der Waals surface area contributed by atoms with E-state index in [2.05, 4.69) is 69.3 Å². The summed E-state index contributed by atoms with van der Waals surface area (Å²) in [5, 5.41) is 0. The maximum atomic E-state index is 2.39. The Balaban J connectivity index is 0.00000208. The molecule has 0 amide bonds. The summed E-state index contributed by atoms with van der Waals surface area (Å²) in [4.78, 5) is 1.77. The number of likely N-dealkylation sites (tertiary alicyclic amines) is 1. The average molecular weight is 344 g/mol. The van der Waals surface area contributed by atoms with Crippen LogP contribution in [-0.2, 0) is 0 Å². The van der Waals surface area contributed by atoms with Crippen molar-refractivity contribution >= 4 is 0 Å². The van der Waals surface area contributed by atoms with Gasteiger partial charge in [0.05, 0.1) is 19.6 Å². The van der Waals surface area contributed by atoms with Gasteiger partial charge in [-0.25, -0.2) is 0 Å². The molecule has 1 nitrogen and oxygen atoms in total. The third kappa shape index (κ3) is 4.40. The van der Waals surface area contributed by atoms with E-state index in [1.54, 1.807) is 4.90 Å². The van der Waals surface area contributed by atoms with Crippen LogP contribution in [0.1, 0.15) is 47.9 Å². The molecule has 0 aromatic heterocycles. The van der Waals surface area contributed by atoms with Crippen LogP contribution in [0, 0.1) is 19.8 Å². The standard InChI is InChI=1S/C22H29N.ClH/c1-4-23-14-12-20(13-15-23)22(19-10-8-17(2)9-11-19)21-7-5-6-18(3)16-21;/h5-11,16,20,22H,4,12-15H2,1-3H3;1H/t22-;/m0./s1. The summed E-state index contributed by atoms with van der Waals surface area (Å²) < 4.78 is 0. The Labute approximate surface area is 153 Å². The van der Waals surface area contributed by atoms with Crippen LogP contribution in [0.15, 0.2) is 48.5 Å². The van der Waals surface area contributed by atoms with Crippen molar-refractivity contribution in [3.8, 4) is 0 Å². The van der Waals surface area contributed by atoms with Gasteiger partial charge in [0.15, 0.2) is 0 Å². The van der Waals surface area contributed by atoms with E-state index in [1.165, 1.54) is 54.7 Å². The summed E-state index contributed by atoms with van der Waals surface area (Å²) in [5.74, 6) is 1.32. The lowest BCUT2D eigenvalue weighted by atomic mass is 9.75. The lowest BCUT2D eigenvalue weighted by Crippen LogP contribution is -3.12. The van der Waals surface area contributed by atoms with Crippen molar-refractivity contribution in [1.82, 2.24) is 0 Å². The Kier molecular flexibility index (Phi) is 6.89. The molecule has 2 heteroatoms. The second-order valence-electron chi connectivity index (χ2n) is 7.24. The Bertz CT molecular complexity index is 627. The van der Waals surface area contributed by atoms with Crippen molar-refractivity contribution in [2.75, 3.05) is 19.6 Å². The first-order valence-electron chi connectivity index (χ1n) is 9.14. The van der Waals surface area contributed by atoms with E-state index in [0.717, 1.165) is 5.92 Å². The van der Waals surface area contributed by atoms with Crippen molar-refractivity contribution in [3.63, 3.8) is 0 Å². The number of benzene rings is 2. The summed E-state index contributed by atoms with van der Waals surface area (Å²) in [6, 6.07) is 18.4. The average Bonchev–Trinajstić information content (AvgIpc) is 2.58. The quantitative estimate of drug-likeness (QED) is 0.836. The molecule has 1 heterocycles. The van der Waals surface area contributed by atoms with Crippen molar-refractivity contribution in [1.29, 1.82) is 0 Å². The number of rotatable bonds is 4. The highest BCUT2D eigenvalue weighted by Gasteiger charge is 2.30. The molecule has 0 aliphatic carbocycles. The fourth-order valence-electron chi connectivity index (χ4n) is 4.11. The van der Waals surface area contributed by atoms with Crippen LogP contribution >= 0.6 is 0 Å². The molecule has 1 fully saturated rings. The smallest absolute Gasteiger partial charge is 0.0773 e. The topological polar surface area (TPSA) is 4.44 Å². The van der Waals surface area contributed by atoms with Crippen LogP contribution in [0.25, 0.3) is 0 Å². The third-order valence-corrected chi connectivity index (χ3v) is 5.55. The zero-order valence-electron chi connectivity index (χ0n) is 15.2. The van der Waals surface area contributed by atoms with Gasteiger partial charge < -0.3 is 17.3 Å². The molecule has 24 heavy (non-hydrogen) atoms. The number of hydrogen-bond donors (Lipinski definition) is 1. The maximum Gasteiger partial charge on any atom is 0.0773 e. The van der Waals surface area contributed by atoms with E-state index in [0.29, 0.717) is 5.92 Å². The van der Waals surface area contributed by atoms with Gasteiger partial charge in [-0.05, 0) is 37.8 Å². The Morgan fingerprint density at radius 1 is 0.917 bits per heavy atom. The Morgan fingerprint density at radius 2 is 1.58 bits per heavy atom. The molecule has 2 aromatic rings. The molecular weight excluding hydrogens is 314 g/mol. The van der Waals surface area contributed by atoms with Gasteiger partial charge in [-0.1, -0.05) is 59.7 Å². The molecule has 1 aliphatic heterocycles. The zero-order valence-corrected chi connectivity index (χ0v) is 15.9. The number of hydrogen-bond acceptors (Lipinski definition) is 0. The van der Waals surface area contributed by atoms with Crippen LogP contribution in [0.4, 0.5) is 0 Å². The lowest BCUT2D eigenvalue weighted by Gasteiger charge is -2.34. The number of halogens is 1. The van der Waals surface area contributed by atoms with Gasteiger partial charge in [0.2, 0.25) is 0 Å². The van der Waals surface area contributed by atoms with Crippen LogP contribution in [0.2, 0.25) is 0 Å². The van der Waals surface area contributed by atoms with Crippen LogP contribution in [0.3, 0.4) is 0 Å². The minimum Gasteiger partial charge on any atom is -1.00 e. The monoisotopic (exact) mass is 343 g/mol. The summed E-state index contributed by atoms with van der Waals surface area (Å²) >= 11 is 0. The van der Waals surface area contributed by atoms with Gasteiger partial charge >= 0.3 is 0 Å². The van der Waals surface area contributed by atoms with Crippen LogP contribution in [-0.4, -0.2) is 19.6 Å². The number of aryl methyl sites for hydroxylation is 2. The first-order chi connectivity index (χ1) is 11.2. The molecule has 0 unspecified atom stereocenters. The molecule has 2 aromatic carbocycles. The zero-order chi connectivity index (χ0) is 16.2. The first kappa shape index (κ1) is 19.0. The molecule has 1 saturated heterocycles. The molecule has 0 saturated carbocycles. The van der Waals surface area contributed by atoms with Crippen molar-refractivity contribution in [2.24, 2.45) is 5.92 Å². The predicted octanol–water partition coefficient (Wildman–Crippen LogP) is 0.754. The van der Waals surface area contributed by atoms with Gasteiger partial charge in [0.1, 0.15) is 0 Å². The van der Waals surface area contributed by atoms with E-state index in [9.17, 15) is 0 Å². The van der Waals surface area contributed by atoms with E-state index in [-0.39, 0.29) is 12.4 Å². The van der Waals surface area contributed by atoms with Crippen molar-refractivity contribution in [3.05, 3.63) is 70.8 Å². The van der Waals surface area contributed by atoms with E-state index in [4.69, 9.17) is 0 Å². The van der Waals surface area contributed by atoms with Crippen LogP contribution < -0.4 is 17.3 Å². The summed E-state index contributed by atoms with van der Waals surface area (Å²) in [6.07, 6.45) is 2.69. The van der Waals surface area contributed by atoms with Gasteiger partial charge in [-0.15, -0.1) is 0 Å². The molecule has 1 N–H and O–H groups in total. The van der Waals surface area contributed by atoms with Crippen LogP contribution in [0.5, 0.6) is 0 Å². The fourth-order valence-corrected chi connectivity index (χ4v) is 4.11. The largest absolute Gasteiger partial charge is 1.00 e. The highest BCUT2D eigenvalue weighted by Crippen LogP contribution is 2.36. The number of nitrogens with one attached hydrogen (secondary N) is 1. The summed E-state index contributed by atoms with van der Waals surface area (Å²) in [5.41, 5.74) is 5.71. The number of piperidine rings is 1. The SMILES string of the molecule is CC[NH+]1CCC([C@H](c2ccc(C)cc2)c2cccc(C)c2)CC1.[Cl-]. The first-order valence-corrected chi connectivity index (χ1v) is 9.14. The van der Waals surface area contributed by atoms with Gasteiger partial charge in [0, 0.05) is 18.8 Å². The number of quaternary nitrogens is 1. The molecule has 0 radical (unpaired) electrons. The van der Waals surface area contributed by atoms with E-state index >= 15 is 0 Å². The summed E-state index contributed by atoms with van der Waals surface area (Å²) in [6.45, 7) is 10.6. The van der Waals surface area contributed by atoms with E-state index < -0.39 is 0 Å². The molecule has 3 rings (SSSR count). The Hall–Kier alpha value is -1.31. The van der Waals surface area contributed by atoms with E-state index in [1.807, 2.05) is 0 Å². The predicted molar refractivity (Wildman–Crippen MR) is 98.2 cm³/mol. The molecule has 1 atom stereocenters. The molecular formula is C22H30ClN. The minimum absolute atomic E-state index is 0. The van der Waals surface area contributed by atoms with Gasteiger partial charge in [-0.2, -0.15) is 0 Å². The molecule has 0 spiro atoms.